The third-order valence-corrected chi connectivity index (χ3v) is 4.76. The van der Waals surface area contributed by atoms with Crippen LogP contribution in [0.5, 0.6) is 0 Å². The number of hydrogen-bond donors (Lipinski definition) is 1. The molecule has 3 rings (SSSR count). The van der Waals surface area contributed by atoms with Gasteiger partial charge in [-0.2, -0.15) is 0 Å². The molecule has 1 unspecified atom stereocenters. The highest BCUT2D eigenvalue weighted by Gasteiger charge is 2.51. The fourth-order valence-electron chi connectivity index (χ4n) is 3.05. The molecule has 1 aromatic carbocycles. The number of aromatic nitrogens is 1. The van der Waals surface area contributed by atoms with Crippen molar-refractivity contribution < 1.29 is 14.1 Å². The molecule has 2 aromatic rings. The van der Waals surface area contributed by atoms with Crippen LogP contribution in [0.4, 0.5) is 4.79 Å². The van der Waals surface area contributed by atoms with E-state index in [0.29, 0.717) is 28.5 Å². The molecule has 1 fully saturated rings. The molecule has 1 aliphatic rings. The number of urea groups is 1. The molecule has 0 spiro atoms. The Balaban J connectivity index is 1.98. The standard InChI is InChI=1S/C17H18ClN3O3/c1-4-17(12-6-5-7-13(18)8-12)15(22)21(16(23)19-17)9-14-10(2)20-24-11(14)3/h5-8H,4,9H2,1-3H3,(H,19,23). The van der Waals surface area contributed by atoms with Gasteiger partial charge >= 0.3 is 6.03 Å². The number of carbonyl (C=O) groups is 2. The summed E-state index contributed by atoms with van der Waals surface area (Å²) in [5.41, 5.74) is 1.000. The zero-order chi connectivity index (χ0) is 17.5. The van der Waals surface area contributed by atoms with Crippen molar-refractivity contribution in [2.45, 2.75) is 39.3 Å². The van der Waals surface area contributed by atoms with Crippen molar-refractivity contribution >= 4 is 23.5 Å². The van der Waals surface area contributed by atoms with E-state index in [4.69, 9.17) is 16.1 Å². The normalized spacial score (nSPS) is 20.6. The van der Waals surface area contributed by atoms with E-state index < -0.39 is 11.6 Å². The fourth-order valence-corrected chi connectivity index (χ4v) is 3.24. The van der Waals surface area contributed by atoms with Gasteiger partial charge in [0.25, 0.3) is 5.91 Å². The Labute approximate surface area is 144 Å². The van der Waals surface area contributed by atoms with E-state index in [2.05, 4.69) is 10.5 Å². The van der Waals surface area contributed by atoms with Gasteiger partial charge in [0.1, 0.15) is 11.3 Å². The number of amides is 3. The van der Waals surface area contributed by atoms with E-state index in [1.165, 1.54) is 4.90 Å². The molecule has 0 saturated carbocycles. The van der Waals surface area contributed by atoms with Crippen LogP contribution in [0.15, 0.2) is 28.8 Å². The molecular weight excluding hydrogens is 330 g/mol. The monoisotopic (exact) mass is 347 g/mol. The van der Waals surface area contributed by atoms with Crippen LogP contribution >= 0.6 is 11.6 Å². The Morgan fingerprint density at radius 2 is 2.08 bits per heavy atom. The molecular formula is C17H18ClN3O3. The van der Waals surface area contributed by atoms with Crippen molar-refractivity contribution in [3.8, 4) is 0 Å². The molecule has 2 heterocycles. The van der Waals surface area contributed by atoms with Crippen LogP contribution in [0.3, 0.4) is 0 Å². The molecule has 1 atom stereocenters. The summed E-state index contributed by atoms with van der Waals surface area (Å²) in [4.78, 5) is 26.8. The number of imide groups is 1. The second kappa shape index (κ2) is 5.94. The van der Waals surface area contributed by atoms with Crippen LogP contribution in [0.1, 0.15) is 35.9 Å². The molecule has 1 N–H and O–H groups in total. The van der Waals surface area contributed by atoms with Crippen LogP contribution in [-0.2, 0) is 16.9 Å². The van der Waals surface area contributed by atoms with Crippen LogP contribution in [0.2, 0.25) is 5.02 Å². The van der Waals surface area contributed by atoms with Gasteiger partial charge in [-0.05, 0) is 38.0 Å². The highest BCUT2D eigenvalue weighted by atomic mass is 35.5. The smallest absolute Gasteiger partial charge is 0.325 e. The topological polar surface area (TPSA) is 75.4 Å². The molecule has 6 nitrogen and oxygen atoms in total. The Morgan fingerprint density at radius 1 is 1.33 bits per heavy atom. The van der Waals surface area contributed by atoms with Crippen molar-refractivity contribution in [3.63, 3.8) is 0 Å². The fraction of sp³-hybridized carbons (Fsp3) is 0.353. The maximum Gasteiger partial charge on any atom is 0.325 e. The number of aryl methyl sites for hydroxylation is 2. The largest absolute Gasteiger partial charge is 0.361 e. The Morgan fingerprint density at radius 3 is 2.67 bits per heavy atom. The lowest BCUT2D eigenvalue weighted by Gasteiger charge is -2.26. The van der Waals surface area contributed by atoms with Crippen molar-refractivity contribution in [2.75, 3.05) is 0 Å². The third kappa shape index (κ3) is 2.47. The SMILES string of the molecule is CCC1(c2cccc(Cl)c2)NC(=O)N(Cc2c(C)noc2C)C1=O. The van der Waals surface area contributed by atoms with Gasteiger partial charge in [-0.1, -0.05) is 35.8 Å². The van der Waals surface area contributed by atoms with E-state index in [1.807, 2.05) is 6.92 Å². The first-order chi connectivity index (χ1) is 11.4. The minimum absolute atomic E-state index is 0.133. The van der Waals surface area contributed by atoms with Gasteiger partial charge in [0.15, 0.2) is 0 Å². The summed E-state index contributed by atoms with van der Waals surface area (Å²) in [6.07, 6.45) is 0.427. The molecule has 0 radical (unpaired) electrons. The Hall–Kier alpha value is -2.34. The van der Waals surface area contributed by atoms with Crippen LogP contribution < -0.4 is 5.32 Å². The van der Waals surface area contributed by atoms with Crippen molar-refractivity contribution in [2.24, 2.45) is 0 Å². The van der Waals surface area contributed by atoms with E-state index in [0.717, 1.165) is 5.56 Å². The highest BCUT2D eigenvalue weighted by molar-refractivity contribution is 6.30. The lowest BCUT2D eigenvalue weighted by atomic mass is 9.87. The average Bonchev–Trinajstić information content (AvgIpc) is 3.00. The Kier molecular flexibility index (Phi) is 4.09. The lowest BCUT2D eigenvalue weighted by Crippen LogP contribution is -2.43. The Bertz CT molecular complexity index is 798. The minimum Gasteiger partial charge on any atom is -0.361 e. The molecule has 0 bridgehead atoms. The number of nitrogens with zero attached hydrogens (tertiary/aromatic N) is 2. The number of carbonyl (C=O) groups excluding carboxylic acids is 2. The van der Waals surface area contributed by atoms with Crippen molar-refractivity contribution in [1.29, 1.82) is 0 Å². The maximum atomic E-state index is 13.1. The van der Waals surface area contributed by atoms with Crippen LogP contribution in [0.25, 0.3) is 0 Å². The molecule has 7 heteroatoms. The van der Waals surface area contributed by atoms with E-state index >= 15 is 0 Å². The predicted molar refractivity (Wildman–Crippen MR) is 88.5 cm³/mol. The van der Waals surface area contributed by atoms with E-state index in [1.54, 1.807) is 38.1 Å². The molecule has 3 amide bonds. The quantitative estimate of drug-likeness (QED) is 0.861. The average molecular weight is 348 g/mol. The molecule has 126 valence electrons. The van der Waals surface area contributed by atoms with Gasteiger partial charge in [-0.25, -0.2) is 4.79 Å². The maximum absolute atomic E-state index is 13.1. The van der Waals surface area contributed by atoms with Crippen LogP contribution in [0, 0.1) is 13.8 Å². The summed E-state index contributed by atoms with van der Waals surface area (Å²) in [5, 5.41) is 7.23. The third-order valence-electron chi connectivity index (χ3n) is 4.52. The second-order valence-electron chi connectivity index (χ2n) is 5.89. The number of hydrogen-bond acceptors (Lipinski definition) is 4. The number of rotatable bonds is 4. The summed E-state index contributed by atoms with van der Waals surface area (Å²) in [6, 6.07) is 6.58. The van der Waals surface area contributed by atoms with E-state index in [-0.39, 0.29) is 12.5 Å². The van der Waals surface area contributed by atoms with Gasteiger partial charge < -0.3 is 9.84 Å². The predicted octanol–water partition coefficient (Wildman–Crippen LogP) is 3.30. The van der Waals surface area contributed by atoms with Crippen LogP contribution in [-0.4, -0.2) is 22.0 Å². The molecule has 0 aliphatic carbocycles. The number of benzene rings is 1. The van der Waals surface area contributed by atoms with Gasteiger partial charge in [0.05, 0.1) is 12.2 Å². The van der Waals surface area contributed by atoms with Crippen molar-refractivity contribution in [1.82, 2.24) is 15.4 Å². The first kappa shape index (κ1) is 16.5. The summed E-state index contributed by atoms with van der Waals surface area (Å²) in [7, 11) is 0. The molecule has 24 heavy (non-hydrogen) atoms. The summed E-state index contributed by atoms with van der Waals surface area (Å²) >= 11 is 6.06. The summed E-state index contributed by atoms with van der Waals surface area (Å²) in [6.45, 7) is 5.54. The van der Waals surface area contributed by atoms with E-state index in [9.17, 15) is 9.59 Å². The van der Waals surface area contributed by atoms with Gasteiger partial charge in [0.2, 0.25) is 0 Å². The minimum atomic E-state index is -1.10. The van der Waals surface area contributed by atoms with Gasteiger partial charge in [-0.15, -0.1) is 0 Å². The van der Waals surface area contributed by atoms with Gasteiger partial charge in [0, 0.05) is 10.6 Å². The molecule has 1 saturated heterocycles. The first-order valence-corrected chi connectivity index (χ1v) is 8.08. The zero-order valence-electron chi connectivity index (χ0n) is 13.7. The van der Waals surface area contributed by atoms with Gasteiger partial charge in [-0.3, -0.25) is 9.69 Å². The second-order valence-corrected chi connectivity index (χ2v) is 6.33. The number of halogens is 1. The molecule has 1 aliphatic heterocycles. The zero-order valence-corrected chi connectivity index (χ0v) is 14.5. The van der Waals surface area contributed by atoms with Crippen molar-refractivity contribution in [3.05, 3.63) is 51.9 Å². The first-order valence-electron chi connectivity index (χ1n) is 7.71. The lowest BCUT2D eigenvalue weighted by molar-refractivity contribution is -0.132. The molecule has 1 aromatic heterocycles. The number of nitrogens with one attached hydrogen (secondary N) is 1. The highest BCUT2D eigenvalue weighted by Crippen LogP contribution is 2.34. The summed E-state index contributed by atoms with van der Waals surface area (Å²) in [5.74, 6) is 0.308. The summed E-state index contributed by atoms with van der Waals surface area (Å²) < 4.78 is 5.12.